The first-order valence-electron chi connectivity index (χ1n) is 12.5. The number of hydrogen-bond acceptors (Lipinski definition) is 10. The van der Waals surface area contributed by atoms with Gasteiger partial charge in [0, 0.05) is 17.0 Å². The molecule has 2 aromatic heterocycles. The second-order valence-corrected chi connectivity index (χ2v) is 10.8. The van der Waals surface area contributed by atoms with Crippen molar-refractivity contribution >= 4 is 40.8 Å². The molecular formula is C29H25N3O7S2. The lowest BCUT2D eigenvalue weighted by Crippen LogP contribution is -2.39. The van der Waals surface area contributed by atoms with Gasteiger partial charge in [-0.2, -0.15) is 0 Å². The molecule has 1 aliphatic heterocycles. The second-order valence-electron chi connectivity index (χ2n) is 8.92. The average Bonchev–Trinajstić information content (AvgIpc) is 3.56. The Hall–Kier alpha value is -4.42. The topological polar surface area (TPSA) is 126 Å². The highest BCUT2D eigenvalue weighted by Crippen LogP contribution is 2.35. The number of hydrogen-bond donors (Lipinski definition) is 0. The van der Waals surface area contributed by atoms with Crippen molar-refractivity contribution < 1.29 is 23.6 Å². The van der Waals surface area contributed by atoms with E-state index in [0.717, 1.165) is 10.5 Å². The SMILES string of the molecule is CCOC(=O)C1=C(C)N=c2s/c(=C\c3ccc(-c4ccc([N+](=O)[O-])cc4OC)o3)c(=O)n2[C@@H]1c1ccc(SC)cc1. The summed E-state index contributed by atoms with van der Waals surface area (Å²) in [5.41, 5.74) is 1.66. The zero-order chi connectivity index (χ0) is 29.3. The van der Waals surface area contributed by atoms with Gasteiger partial charge in [0.25, 0.3) is 11.2 Å². The molecule has 0 fully saturated rings. The van der Waals surface area contributed by atoms with Gasteiger partial charge in [0.2, 0.25) is 0 Å². The number of furan rings is 1. The number of carbonyl (C=O) groups excluding carboxylic acids is 1. The van der Waals surface area contributed by atoms with Crippen LogP contribution in [0.2, 0.25) is 0 Å². The minimum atomic E-state index is -0.708. The second kappa shape index (κ2) is 11.6. The van der Waals surface area contributed by atoms with Gasteiger partial charge in [0.05, 0.1) is 52.1 Å². The van der Waals surface area contributed by atoms with E-state index in [0.29, 0.717) is 37.7 Å². The number of thiazole rings is 1. The highest BCUT2D eigenvalue weighted by atomic mass is 32.2. The molecule has 41 heavy (non-hydrogen) atoms. The first-order chi connectivity index (χ1) is 19.7. The number of esters is 1. The van der Waals surface area contributed by atoms with Gasteiger partial charge < -0.3 is 13.9 Å². The molecule has 0 bridgehead atoms. The summed E-state index contributed by atoms with van der Waals surface area (Å²) in [5.74, 6) is 0.583. The summed E-state index contributed by atoms with van der Waals surface area (Å²) in [6.45, 7) is 3.66. The number of non-ortho nitro benzene ring substituents is 1. The van der Waals surface area contributed by atoms with E-state index in [-0.39, 0.29) is 23.6 Å². The summed E-state index contributed by atoms with van der Waals surface area (Å²) < 4.78 is 18.6. The van der Waals surface area contributed by atoms with E-state index >= 15 is 0 Å². The highest BCUT2D eigenvalue weighted by Gasteiger charge is 2.33. The number of carbonyl (C=O) groups is 1. The Morgan fingerprint density at radius 3 is 2.63 bits per heavy atom. The van der Waals surface area contributed by atoms with Gasteiger partial charge in [0.15, 0.2) is 4.80 Å². The summed E-state index contributed by atoms with van der Waals surface area (Å²) in [7, 11) is 1.42. The molecule has 12 heteroatoms. The molecule has 210 valence electrons. The third-order valence-corrected chi connectivity index (χ3v) is 8.24. The fourth-order valence-corrected chi connectivity index (χ4v) is 6.03. The molecule has 0 N–H and O–H groups in total. The van der Waals surface area contributed by atoms with Crippen LogP contribution in [0.25, 0.3) is 17.4 Å². The molecule has 0 saturated carbocycles. The maximum atomic E-state index is 13.8. The van der Waals surface area contributed by atoms with E-state index in [2.05, 4.69) is 4.99 Å². The van der Waals surface area contributed by atoms with Crippen LogP contribution in [0.3, 0.4) is 0 Å². The smallest absolute Gasteiger partial charge is 0.338 e. The van der Waals surface area contributed by atoms with Gasteiger partial charge in [-0.15, -0.1) is 11.8 Å². The van der Waals surface area contributed by atoms with E-state index in [1.807, 2.05) is 30.5 Å². The van der Waals surface area contributed by atoms with E-state index < -0.39 is 16.9 Å². The number of nitro benzene ring substituents is 1. The fraction of sp³-hybridized carbons (Fsp3) is 0.207. The lowest BCUT2D eigenvalue weighted by molar-refractivity contribution is -0.384. The zero-order valence-corrected chi connectivity index (χ0v) is 24.2. The Labute approximate surface area is 242 Å². The lowest BCUT2D eigenvalue weighted by Gasteiger charge is -2.24. The number of methoxy groups -OCH3 is 1. The van der Waals surface area contributed by atoms with Crippen molar-refractivity contribution in [3.05, 3.63) is 107 Å². The average molecular weight is 592 g/mol. The Morgan fingerprint density at radius 2 is 1.98 bits per heavy atom. The van der Waals surface area contributed by atoms with Crippen LogP contribution in [0, 0.1) is 10.1 Å². The normalized spacial score (nSPS) is 14.9. The first kappa shape index (κ1) is 28.1. The van der Waals surface area contributed by atoms with Crippen molar-refractivity contribution in [1.82, 2.24) is 4.57 Å². The predicted octanol–water partition coefficient (Wildman–Crippen LogP) is 4.70. The van der Waals surface area contributed by atoms with Crippen LogP contribution in [-0.2, 0) is 9.53 Å². The number of nitro groups is 1. The van der Waals surface area contributed by atoms with Crippen LogP contribution in [-0.4, -0.2) is 35.4 Å². The molecule has 3 heterocycles. The number of ether oxygens (including phenoxy) is 2. The van der Waals surface area contributed by atoms with E-state index in [9.17, 15) is 19.7 Å². The minimum Gasteiger partial charge on any atom is -0.496 e. The van der Waals surface area contributed by atoms with Gasteiger partial charge in [-0.25, -0.2) is 9.79 Å². The molecule has 0 saturated heterocycles. The van der Waals surface area contributed by atoms with Crippen LogP contribution < -0.4 is 19.6 Å². The van der Waals surface area contributed by atoms with Crippen LogP contribution in [0.5, 0.6) is 5.75 Å². The van der Waals surface area contributed by atoms with Gasteiger partial charge in [0.1, 0.15) is 17.3 Å². The van der Waals surface area contributed by atoms with E-state index in [1.165, 1.54) is 35.1 Å². The number of benzene rings is 2. The molecular weight excluding hydrogens is 566 g/mol. The Kier molecular flexibility index (Phi) is 7.95. The number of allylic oxidation sites excluding steroid dienone is 1. The Morgan fingerprint density at radius 1 is 1.22 bits per heavy atom. The van der Waals surface area contributed by atoms with Crippen LogP contribution in [0.1, 0.15) is 31.2 Å². The molecule has 0 amide bonds. The molecule has 2 aromatic carbocycles. The van der Waals surface area contributed by atoms with Crippen molar-refractivity contribution in [3.8, 4) is 17.1 Å². The van der Waals surface area contributed by atoms with Crippen molar-refractivity contribution in [3.63, 3.8) is 0 Å². The third kappa shape index (κ3) is 5.35. The largest absolute Gasteiger partial charge is 0.496 e. The van der Waals surface area contributed by atoms with Crippen LogP contribution >= 0.6 is 23.1 Å². The van der Waals surface area contributed by atoms with Crippen LogP contribution in [0.4, 0.5) is 5.69 Å². The first-order valence-corrected chi connectivity index (χ1v) is 14.6. The summed E-state index contributed by atoms with van der Waals surface area (Å²) in [6.07, 6.45) is 3.59. The van der Waals surface area contributed by atoms with Gasteiger partial charge >= 0.3 is 5.97 Å². The molecule has 1 aliphatic rings. The van der Waals surface area contributed by atoms with Crippen molar-refractivity contribution in [2.45, 2.75) is 24.8 Å². The highest BCUT2D eigenvalue weighted by molar-refractivity contribution is 7.98. The molecule has 0 unspecified atom stereocenters. The van der Waals surface area contributed by atoms with Crippen molar-refractivity contribution in [1.29, 1.82) is 0 Å². The van der Waals surface area contributed by atoms with Gasteiger partial charge in [-0.1, -0.05) is 23.5 Å². The molecule has 1 atom stereocenters. The van der Waals surface area contributed by atoms with Gasteiger partial charge in [-0.05, 0) is 56.0 Å². The molecule has 5 rings (SSSR count). The molecule has 0 radical (unpaired) electrons. The number of thioether (sulfide) groups is 1. The number of fused-ring (bicyclic) bond motifs is 1. The summed E-state index contributed by atoms with van der Waals surface area (Å²) in [4.78, 5) is 43.6. The molecule has 4 aromatic rings. The van der Waals surface area contributed by atoms with E-state index in [4.69, 9.17) is 13.9 Å². The summed E-state index contributed by atoms with van der Waals surface area (Å²) in [5, 5.41) is 11.1. The Bertz CT molecular complexity index is 1870. The van der Waals surface area contributed by atoms with Crippen molar-refractivity contribution in [2.75, 3.05) is 20.0 Å². The predicted molar refractivity (Wildman–Crippen MR) is 156 cm³/mol. The van der Waals surface area contributed by atoms with Crippen molar-refractivity contribution in [2.24, 2.45) is 4.99 Å². The number of aromatic nitrogens is 1. The summed E-state index contributed by atoms with van der Waals surface area (Å²) >= 11 is 2.79. The number of nitrogens with zero attached hydrogens (tertiary/aromatic N) is 3. The van der Waals surface area contributed by atoms with Crippen LogP contribution in [0.15, 0.2) is 85.0 Å². The molecule has 0 spiro atoms. The van der Waals surface area contributed by atoms with Gasteiger partial charge in [-0.3, -0.25) is 19.5 Å². The third-order valence-electron chi connectivity index (χ3n) is 6.51. The maximum absolute atomic E-state index is 13.8. The Balaban J connectivity index is 1.60. The number of rotatable bonds is 8. The zero-order valence-electron chi connectivity index (χ0n) is 22.6. The lowest BCUT2D eigenvalue weighted by atomic mass is 9.96. The fourth-order valence-electron chi connectivity index (χ4n) is 4.59. The standard InChI is InChI=1S/C29H25N3O7S2/c1-5-38-28(34)25-16(2)30-29-31(26(25)17-6-10-20(40-4)11-7-17)27(33)24(41-29)15-19-9-13-22(39-19)21-12-8-18(32(35)36)14-23(21)37-3/h6-15,26H,5H2,1-4H3/b24-15-/t26-/m1/s1. The molecule has 10 nitrogen and oxygen atoms in total. The molecule has 0 aliphatic carbocycles. The minimum absolute atomic E-state index is 0.103. The van der Waals surface area contributed by atoms with E-state index in [1.54, 1.807) is 49.9 Å². The monoisotopic (exact) mass is 591 g/mol. The quantitative estimate of drug-likeness (QED) is 0.125. The maximum Gasteiger partial charge on any atom is 0.338 e. The summed E-state index contributed by atoms with van der Waals surface area (Å²) in [6, 6.07) is 14.6.